The molecular weight excluding hydrogens is 208 g/mol. The molecule has 4 rings (SSSR count). The maximum Gasteiger partial charge on any atom is 0.104 e. The van der Waals surface area contributed by atoms with Crippen molar-refractivity contribution in [1.29, 1.82) is 0 Å². The van der Waals surface area contributed by atoms with Crippen molar-refractivity contribution in [2.45, 2.75) is 44.6 Å². The van der Waals surface area contributed by atoms with Gasteiger partial charge in [0, 0.05) is 11.6 Å². The zero-order valence-electron chi connectivity index (χ0n) is 10.2. The molecule has 1 heterocycles. The maximum absolute atomic E-state index is 4.90. The van der Waals surface area contributed by atoms with Crippen LogP contribution in [0.2, 0.25) is 0 Å². The molecule has 90 valence electrons. The first-order valence-electron chi connectivity index (χ1n) is 7.11. The van der Waals surface area contributed by atoms with Crippen LogP contribution in [0.4, 0.5) is 0 Å². The quantitative estimate of drug-likeness (QED) is 0.733. The minimum absolute atomic E-state index is 0.410. The van der Waals surface area contributed by atoms with Crippen molar-refractivity contribution in [2.24, 2.45) is 22.7 Å². The second-order valence-corrected chi connectivity index (χ2v) is 6.05. The molecule has 3 unspecified atom stereocenters. The van der Waals surface area contributed by atoms with Gasteiger partial charge < -0.3 is 5.32 Å². The van der Waals surface area contributed by atoms with Crippen LogP contribution in [0.1, 0.15) is 38.5 Å². The molecule has 17 heavy (non-hydrogen) atoms. The lowest BCUT2D eigenvalue weighted by atomic mass is 9.97. The number of rotatable bonds is 1. The van der Waals surface area contributed by atoms with Crippen molar-refractivity contribution in [2.75, 3.05) is 0 Å². The maximum atomic E-state index is 4.90. The molecule has 1 aliphatic heterocycles. The van der Waals surface area contributed by atoms with E-state index in [0.717, 1.165) is 18.3 Å². The van der Waals surface area contributed by atoms with E-state index in [1.165, 1.54) is 43.6 Å². The molecule has 2 fully saturated rings. The highest BCUT2D eigenvalue weighted by Crippen LogP contribution is 2.49. The number of nitrogens with one attached hydrogen (secondary N) is 1. The Morgan fingerprint density at radius 1 is 1.12 bits per heavy atom. The lowest BCUT2D eigenvalue weighted by Gasteiger charge is -2.15. The first kappa shape index (κ1) is 9.93. The zero-order valence-corrected chi connectivity index (χ0v) is 10.2. The highest BCUT2D eigenvalue weighted by Gasteiger charge is 2.40. The average molecular weight is 228 g/mol. The van der Waals surface area contributed by atoms with E-state index in [1.54, 1.807) is 0 Å². The third-order valence-electron chi connectivity index (χ3n) is 4.93. The predicted molar refractivity (Wildman–Crippen MR) is 69.8 cm³/mol. The van der Waals surface area contributed by atoms with E-state index < -0.39 is 0 Å². The molecule has 2 saturated carbocycles. The largest absolute Gasteiger partial charge is 0.345 e. The minimum Gasteiger partial charge on any atom is -0.345 e. The molecule has 0 aromatic heterocycles. The summed E-state index contributed by atoms with van der Waals surface area (Å²) in [6.07, 6.45) is 14.8. The lowest BCUT2D eigenvalue weighted by Crippen LogP contribution is -2.26. The van der Waals surface area contributed by atoms with Crippen LogP contribution in [0.25, 0.3) is 0 Å². The number of allylic oxidation sites excluding steroid dienone is 2. The summed E-state index contributed by atoms with van der Waals surface area (Å²) in [6.45, 7) is 0. The number of aliphatic imine (C=N–C) groups is 1. The van der Waals surface area contributed by atoms with Gasteiger partial charge in [0.25, 0.3) is 0 Å². The zero-order chi connectivity index (χ0) is 11.2. The summed E-state index contributed by atoms with van der Waals surface area (Å²) in [7, 11) is 0. The van der Waals surface area contributed by atoms with Gasteiger partial charge in [-0.2, -0.15) is 0 Å². The summed E-state index contributed by atoms with van der Waals surface area (Å²) in [4.78, 5) is 4.90. The van der Waals surface area contributed by atoms with Gasteiger partial charge in [-0.15, -0.1) is 0 Å². The van der Waals surface area contributed by atoms with Crippen molar-refractivity contribution < 1.29 is 0 Å². The molecule has 2 nitrogen and oxygen atoms in total. The van der Waals surface area contributed by atoms with E-state index in [-0.39, 0.29) is 0 Å². The number of fused-ring (bicyclic) bond motifs is 2. The van der Waals surface area contributed by atoms with E-state index >= 15 is 0 Å². The monoisotopic (exact) mass is 228 g/mol. The summed E-state index contributed by atoms with van der Waals surface area (Å²) in [6, 6.07) is 0.410. The van der Waals surface area contributed by atoms with E-state index in [9.17, 15) is 0 Å². The van der Waals surface area contributed by atoms with Crippen molar-refractivity contribution in [1.82, 2.24) is 5.32 Å². The molecule has 0 spiro atoms. The summed E-state index contributed by atoms with van der Waals surface area (Å²) >= 11 is 0. The second-order valence-electron chi connectivity index (χ2n) is 6.05. The van der Waals surface area contributed by atoms with Gasteiger partial charge in [-0.25, -0.2) is 0 Å². The molecule has 0 bridgehead atoms. The highest BCUT2D eigenvalue weighted by molar-refractivity contribution is 5.89. The Labute approximate surface area is 103 Å². The number of hydrogen-bond donors (Lipinski definition) is 1. The number of amidine groups is 1. The topological polar surface area (TPSA) is 24.4 Å². The Kier molecular flexibility index (Phi) is 2.17. The Morgan fingerprint density at radius 3 is 2.71 bits per heavy atom. The van der Waals surface area contributed by atoms with Gasteiger partial charge in [0.05, 0.1) is 6.04 Å². The van der Waals surface area contributed by atoms with E-state index in [1.807, 2.05) is 0 Å². The molecule has 0 amide bonds. The third-order valence-corrected chi connectivity index (χ3v) is 4.93. The smallest absolute Gasteiger partial charge is 0.104 e. The predicted octanol–water partition coefficient (Wildman–Crippen LogP) is 3.03. The molecule has 4 aliphatic rings. The Balaban J connectivity index is 1.48. The molecule has 3 aliphatic carbocycles. The standard InChI is InChI=1S/C15H20N2/c1-2-4-14-13(3-1)16-15(17-14)10-5-7-11-9-12(11)8-6-10/h1-3,10-12,14H,4-9H2,(H,16,17)/t10?,11-,12?,14?/m1/s1. The van der Waals surface area contributed by atoms with Crippen molar-refractivity contribution in [3.05, 3.63) is 23.9 Å². The fourth-order valence-corrected chi connectivity index (χ4v) is 3.69. The fraction of sp³-hybridized carbons (Fsp3) is 0.667. The molecule has 0 radical (unpaired) electrons. The van der Waals surface area contributed by atoms with Crippen molar-refractivity contribution in [3.8, 4) is 0 Å². The van der Waals surface area contributed by atoms with Crippen LogP contribution in [0, 0.1) is 17.8 Å². The molecule has 0 saturated heterocycles. The summed E-state index contributed by atoms with van der Waals surface area (Å²) < 4.78 is 0. The summed E-state index contributed by atoms with van der Waals surface area (Å²) in [5, 5.41) is 3.58. The highest BCUT2D eigenvalue weighted by atomic mass is 15.1. The Bertz CT molecular complexity index is 407. The van der Waals surface area contributed by atoms with Crippen molar-refractivity contribution >= 4 is 5.84 Å². The fourth-order valence-electron chi connectivity index (χ4n) is 3.69. The van der Waals surface area contributed by atoms with E-state index in [0.29, 0.717) is 12.0 Å². The van der Waals surface area contributed by atoms with Crippen LogP contribution >= 0.6 is 0 Å². The number of nitrogens with zero attached hydrogens (tertiary/aromatic N) is 1. The van der Waals surface area contributed by atoms with Gasteiger partial charge in [-0.05, 0) is 56.4 Å². The first-order valence-corrected chi connectivity index (χ1v) is 7.11. The summed E-state index contributed by atoms with van der Waals surface area (Å²) in [5.41, 5.74) is 1.33. The minimum atomic E-state index is 0.410. The van der Waals surface area contributed by atoms with Crippen LogP contribution < -0.4 is 5.32 Å². The SMILES string of the molecule is C1=CCC2N=C(C3CCC4C[C@H]4CC3)NC2=C1. The van der Waals surface area contributed by atoms with E-state index in [4.69, 9.17) is 4.99 Å². The van der Waals surface area contributed by atoms with Gasteiger partial charge in [0.2, 0.25) is 0 Å². The van der Waals surface area contributed by atoms with E-state index in [2.05, 4.69) is 23.5 Å². The molecule has 0 aromatic carbocycles. The molecular formula is C15H20N2. The van der Waals surface area contributed by atoms with Crippen LogP contribution in [0.3, 0.4) is 0 Å². The molecule has 0 aromatic rings. The van der Waals surface area contributed by atoms with Gasteiger partial charge >= 0.3 is 0 Å². The molecule has 1 N–H and O–H groups in total. The third kappa shape index (κ3) is 1.74. The Morgan fingerprint density at radius 2 is 1.94 bits per heavy atom. The lowest BCUT2D eigenvalue weighted by molar-refractivity contribution is 0.546. The van der Waals surface area contributed by atoms with Crippen LogP contribution in [0.5, 0.6) is 0 Å². The Hall–Kier alpha value is -1.05. The van der Waals surface area contributed by atoms with Gasteiger partial charge in [-0.1, -0.05) is 12.2 Å². The molecule has 2 heteroatoms. The number of hydrogen-bond acceptors (Lipinski definition) is 2. The second kappa shape index (κ2) is 3.72. The van der Waals surface area contributed by atoms with Crippen LogP contribution in [-0.2, 0) is 0 Å². The molecule has 4 atom stereocenters. The van der Waals surface area contributed by atoms with Crippen LogP contribution in [0.15, 0.2) is 28.9 Å². The summed E-state index contributed by atoms with van der Waals surface area (Å²) in [5.74, 6) is 4.16. The van der Waals surface area contributed by atoms with Crippen molar-refractivity contribution in [3.63, 3.8) is 0 Å². The van der Waals surface area contributed by atoms with Gasteiger partial charge in [0.15, 0.2) is 0 Å². The van der Waals surface area contributed by atoms with Gasteiger partial charge in [0.1, 0.15) is 5.84 Å². The van der Waals surface area contributed by atoms with Crippen LogP contribution in [-0.4, -0.2) is 11.9 Å². The normalized spacial score (nSPS) is 42.8. The van der Waals surface area contributed by atoms with Gasteiger partial charge in [-0.3, -0.25) is 4.99 Å². The first-order chi connectivity index (χ1) is 8.40. The average Bonchev–Trinajstić information content (AvgIpc) is 2.99.